The molecule has 0 spiro atoms. The SMILES string of the molecule is C[C@H]1CCC/C(=C\c2cccc(O)c2)C1=O. The van der Waals surface area contributed by atoms with Crippen molar-refractivity contribution in [1.82, 2.24) is 0 Å². The van der Waals surface area contributed by atoms with Crippen molar-refractivity contribution in [3.63, 3.8) is 0 Å². The first-order chi connectivity index (χ1) is 7.66. The summed E-state index contributed by atoms with van der Waals surface area (Å²) in [5.74, 6) is 0.651. The number of phenolic OH excluding ortho intramolecular Hbond substituents is 1. The highest BCUT2D eigenvalue weighted by Crippen LogP contribution is 2.26. The lowest BCUT2D eigenvalue weighted by Crippen LogP contribution is -2.18. The van der Waals surface area contributed by atoms with Crippen molar-refractivity contribution in [3.8, 4) is 5.75 Å². The fourth-order valence-electron chi connectivity index (χ4n) is 2.13. The fraction of sp³-hybridized carbons (Fsp3) is 0.357. The van der Waals surface area contributed by atoms with Crippen molar-refractivity contribution in [2.24, 2.45) is 5.92 Å². The number of aromatic hydroxyl groups is 1. The maximum atomic E-state index is 11.9. The quantitative estimate of drug-likeness (QED) is 0.732. The highest BCUT2D eigenvalue weighted by atomic mass is 16.3. The van der Waals surface area contributed by atoms with E-state index in [2.05, 4.69) is 0 Å². The largest absolute Gasteiger partial charge is 0.508 e. The molecular formula is C14H16O2. The molecule has 0 heterocycles. The Bertz CT molecular complexity index is 432. The number of Topliss-reactive ketones (excluding diaryl/α,β-unsaturated/α-hetero) is 1. The minimum atomic E-state index is 0.150. The molecule has 1 aromatic carbocycles. The molecule has 0 radical (unpaired) electrons. The van der Waals surface area contributed by atoms with Crippen LogP contribution in [0.2, 0.25) is 0 Å². The average molecular weight is 216 g/mol. The third kappa shape index (κ3) is 2.32. The minimum Gasteiger partial charge on any atom is -0.508 e. The van der Waals surface area contributed by atoms with Crippen LogP contribution in [0.5, 0.6) is 5.75 Å². The molecule has 1 aliphatic carbocycles. The van der Waals surface area contributed by atoms with Gasteiger partial charge in [-0.3, -0.25) is 4.79 Å². The van der Waals surface area contributed by atoms with E-state index in [4.69, 9.17) is 0 Å². The summed E-state index contributed by atoms with van der Waals surface area (Å²) in [5, 5.41) is 9.35. The molecule has 2 heteroatoms. The van der Waals surface area contributed by atoms with E-state index in [1.165, 1.54) is 0 Å². The van der Waals surface area contributed by atoms with E-state index in [0.717, 1.165) is 30.4 Å². The molecule has 84 valence electrons. The molecule has 16 heavy (non-hydrogen) atoms. The molecule has 1 aromatic rings. The molecule has 0 unspecified atom stereocenters. The predicted molar refractivity (Wildman–Crippen MR) is 64.1 cm³/mol. The Morgan fingerprint density at radius 1 is 1.44 bits per heavy atom. The minimum absolute atomic E-state index is 0.150. The van der Waals surface area contributed by atoms with E-state index in [0.29, 0.717) is 0 Å². The molecule has 1 atom stereocenters. The lowest BCUT2D eigenvalue weighted by molar-refractivity contribution is -0.119. The molecule has 0 saturated heterocycles. The van der Waals surface area contributed by atoms with Crippen molar-refractivity contribution in [2.45, 2.75) is 26.2 Å². The number of carbonyl (C=O) groups is 1. The van der Waals surface area contributed by atoms with Gasteiger partial charge in [-0.25, -0.2) is 0 Å². The van der Waals surface area contributed by atoms with Crippen molar-refractivity contribution in [1.29, 1.82) is 0 Å². The average Bonchev–Trinajstić information content (AvgIpc) is 2.25. The third-order valence-corrected chi connectivity index (χ3v) is 3.06. The molecule has 1 saturated carbocycles. The molecule has 2 nitrogen and oxygen atoms in total. The summed E-state index contributed by atoms with van der Waals surface area (Å²) < 4.78 is 0. The maximum Gasteiger partial charge on any atom is 0.161 e. The molecule has 0 aliphatic heterocycles. The Hall–Kier alpha value is -1.57. The van der Waals surface area contributed by atoms with E-state index in [1.54, 1.807) is 18.2 Å². The summed E-state index contributed by atoms with van der Waals surface area (Å²) in [6, 6.07) is 7.00. The molecule has 0 amide bonds. The van der Waals surface area contributed by atoms with Crippen LogP contribution in [0.3, 0.4) is 0 Å². The second-order valence-electron chi connectivity index (χ2n) is 4.42. The number of allylic oxidation sites excluding steroid dienone is 1. The normalized spacial score (nSPS) is 23.7. The van der Waals surface area contributed by atoms with E-state index in [1.807, 2.05) is 19.1 Å². The first kappa shape index (κ1) is 10.9. The van der Waals surface area contributed by atoms with Gasteiger partial charge in [-0.05, 0) is 48.6 Å². The van der Waals surface area contributed by atoms with Crippen LogP contribution in [-0.4, -0.2) is 10.9 Å². The number of benzene rings is 1. The van der Waals surface area contributed by atoms with E-state index >= 15 is 0 Å². The van der Waals surface area contributed by atoms with Gasteiger partial charge in [-0.2, -0.15) is 0 Å². The smallest absolute Gasteiger partial charge is 0.161 e. The van der Waals surface area contributed by atoms with Crippen molar-refractivity contribution >= 4 is 11.9 Å². The zero-order valence-electron chi connectivity index (χ0n) is 9.44. The highest BCUT2D eigenvalue weighted by Gasteiger charge is 2.22. The van der Waals surface area contributed by atoms with Crippen molar-refractivity contribution in [2.75, 3.05) is 0 Å². The molecule has 0 aromatic heterocycles. The van der Waals surface area contributed by atoms with Gasteiger partial charge in [0, 0.05) is 5.92 Å². The van der Waals surface area contributed by atoms with Crippen LogP contribution in [0.25, 0.3) is 6.08 Å². The maximum absolute atomic E-state index is 11.9. The third-order valence-electron chi connectivity index (χ3n) is 3.06. The van der Waals surface area contributed by atoms with Crippen LogP contribution < -0.4 is 0 Å². The topological polar surface area (TPSA) is 37.3 Å². The second-order valence-corrected chi connectivity index (χ2v) is 4.42. The Balaban J connectivity index is 2.26. The number of rotatable bonds is 1. The Kier molecular flexibility index (Phi) is 3.09. The zero-order chi connectivity index (χ0) is 11.5. The van der Waals surface area contributed by atoms with E-state index in [-0.39, 0.29) is 17.5 Å². The van der Waals surface area contributed by atoms with Gasteiger partial charge >= 0.3 is 0 Å². The van der Waals surface area contributed by atoms with Gasteiger partial charge in [0.25, 0.3) is 0 Å². The molecule has 2 rings (SSSR count). The summed E-state index contributed by atoms with van der Waals surface area (Å²) in [5.41, 5.74) is 1.79. The van der Waals surface area contributed by atoms with Crippen LogP contribution in [0.15, 0.2) is 29.8 Å². The monoisotopic (exact) mass is 216 g/mol. The number of phenols is 1. The molecular weight excluding hydrogens is 200 g/mol. The van der Waals surface area contributed by atoms with Crippen LogP contribution in [0.1, 0.15) is 31.7 Å². The second kappa shape index (κ2) is 4.52. The molecule has 1 aliphatic rings. The van der Waals surface area contributed by atoms with E-state index in [9.17, 15) is 9.90 Å². The van der Waals surface area contributed by atoms with Crippen LogP contribution in [0.4, 0.5) is 0 Å². The molecule has 0 bridgehead atoms. The summed E-state index contributed by atoms with van der Waals surface area (Å²) in [7, 11) is 0. The van der Waals surface area contributed by atoms with Gasteiger partial charge in [-0.15, -0.1) is 0 Å². The summed E-state index contributed by atoms with van der Waals surface area (Å²) in [4.78, 5) is 11.9. The van der Waals surface area contributed by atoms with Gasteiger partial charge in [0.2, 0.25) is 0 Å². The summed E-state index contributed by atoms with van der Waals surface area (Å²) >= 11 is 0. The fourth-order valence-corrected chi connectivity index (χ4v) is 2.13. The van der Waals surface area contributed by atoms with Crippen molar-refractivity contribution < 1.29 is 9.90 Å². The summed E-state index contributed by atoms with van der Waals surface area (Å²) in [6.07, 6.45) is 4.84. The molecule has 1 fully saturated rings. The lowest BCUT2D eigenvalue weighted by atomic mass is 9.84. The predicted octanol–water partition coefficient (Wildman–Crippen LogP) is 3.16. The Morgan fingerprint density at radius 2 is 2.25 bits per heavy atom. The first-order valence-corrected chi connectivity index (χ1v) is 5.70. The van der Waals surface area contributed by atoms with Gasteiger partial charge in [0.1, 0.15) is 5.75 Å². The van der Waals surface area contributed by atoms with Gasteiger partial charge in [-0.1, -0.05) is 19.1 Å². The van der Waals surface area contributed by atoms with Crippen LogP contribution in [0, 0.1) is 5.92 Å². The number of hydrogen-bond acceptors (Lipinski definition) is 2. The summed E-state index contributed by atoms with van der Waals surface area (Å²) in [6.45, 7) is 1.98. The van der Waals surface area contributed by atoms with Gasteiger partial charge in [0.05, 0.1) is 0 Å². The Labute approximate surface area is 95.6 Å². The number of hydrogen-bond donors (Lipinski definition) is 1. The first-order valence-electron chi connectivity index (χ1n) is 5.70. The highest BCUT2D eigenvalue weighted by molar-refractivity contribution is 6.01. The van der Waals surface area contributed by atoms with Crippen LogP contribution in [-0.2, 0) is 4.79 Å². The molecule has 1 N–H and O–H groups in total. The van der Waals surface area contributed by atoms with Crippen molar-refractivity contribution in [3.05, 3.63) is 35.4 Å². The number of ketones is 1. The standard InChI is InChI=1S/C14H16O2/c1-10-4-2-6-12(14(10)16)8-11-5-3-7-13(15)9-11/h3,5,7-10,15H,2,4,6H2,1H3/b12-8+/t10-/m0/s1. The van der Waals surface area contributed by atoms with E-state index < -0.39 is 0 Å². The van der Waals surface area contributed by atoms with Gasteiger partial charge in [0.15, 0.2) is 5.78 Å². The lowest BCUT2D eigenvalue weighted by Gasteiger charge is -2.19. The Morgan fingerprint density at radius 3 is 3.00 bits per heavy atom. The number of carbonyl (C=O) groups excluding carboxylic acids is 1. The zero-order valence-corrected chi connectivity index (χ0v) is 9.44. The van der Waals surface area contributed by atoms with Gasteiger partial charge < -0.3 is 5.11 Å². The van der Waals surface area contributed by atoms with Crippen LogP contribution >= 0.6 is 0 Å².